The van der Waals surface area contributed by atoms with Crippen LogP contribution in [0.5, 0.6) is 5.75 Å². The van der Waals surface area contributed by atoms with Gasteiger partial charge in [0.05, 0.1) is 25.0 Å². The SMILES string of the molecule is CCOc1ccc(/C=C/C(=O)Nc2cc(C(=O)OC)c(F)cc2F)cc1. The van der Waals surface area contributed by atoms with E-state index in [0.29, 0.717) is 18.4 Å². The predicted molar refractivity (Wildman–Crippen MR) is 93.0 cm³/mol. The van der Waals surface area contributed by atoms with E-state index in [1.807, 2.05) is 6.92 Å². The molecule has 0 aliphatic carbocycles. The fourth-order valence-electron chi connectivity index (χ4n) is 2.10. The second-order valence-corrected chi connectivity index (χ2v) is 5.13. The molecule has 0 unspecified atom stereocenters. The molecule has 0 saturated carbocycles. The third-order valence-electron chi connectivity index (χ3n) is 3.34. The van der Waals surface area contributed by atoms with Crippen LogP contribution < -0.4 is 10.1 Å². The maximum atomic E-state index is 13.8. The number of halogens is 2. The summed E-state index contributed by atoms with van der Waals surface area (Å²) in [5.41, 5.74) is -0.0636. The van der Waals surface area contributed by atoms with Crippen LogP contribution in [0, 0.1) is 11.6 Å². The third kappa shape index (κ3) is 4.89. The van der Waals surface area contributed by atoms with E-state index in [4.69, 9.17) is 4.74 Å². The molecule has 5 nitrogen and oxygen atoms in total. The Bertz CT molecular complexity index is 832. The summed E-state index contributed by atoms with van der Waals surface area (Å²) in [7, 11) is 1.07. The number of hydrogen-bond donors (Lipinski definition) is 1. The second kappa shape index (κ2) is 8.75. The number of hydrogen-bond acceptors (Lipinski definition) is 4. The van der Waals surface area contributed by atoms with E-state index in [0.717, 1.165) is 18.7 Å². The molecule has 2 aromatic carbocycles. The zero-order valence-corrected chi connectivity index (χ0v) is 14.2. The smallest absolute Gasteiger partial charge is 0.340 e. The molecule has 0 radical (unpaired) electrons. The summed E-state index contributed by atoms with van der Waals surface area (Å²) in [5, 5.41) is 2.26. The van der Waals surface area contributed by atoms with Gasteiger partial charge in [-0.2, -0.15) is 0 Å². The van der Waals surface area contributed by atoms with Crippen LogP contribution in [0.25, 0.3) is 6.08 Å². The molecule has 0 saturated heterocycles. The van der Waals surface area contributed by atoms with Crippen LogP contribution in [0.15, 0.2) is 42.5 Å². The molecule has 0 spiro atoms. The molecular weight excluding hydrogens is 344 g/mol. The minimum Gasteiger partial charge on any atom is -0.494 e. The molecule has 7 heteroatoms. The highest BCUT2D eigenvalue weighted by Crippen LogP contribution is 2.20. The molecule has 0 heterocycles. The number of ether oxygens (including phenoxy) is 2. The lowest BCUT2D eigenvalue weighted by Crippen LogP contribution is -2.12. The van der Waals surface area contributed by atoms with E-state index in [9.17, 15) is 18.4 Å². The molecule has 136 valence electrons. The number of amides is 1. The summed E-state index contributed by atoms with van der Waals surface area (Å²) in [6.07, 6.45) is 2.71. The molecule has 0 aromatic heterocycles. The average Bonchev–Trinajstić information content (AvgIpc) is 2.63. The Morgan fingerprint density at radius 3 is 2.42 bits per heavy atom. The molecule has 1 N–H and O–H groups in total. The number of benzene rings is 2. The molecule has 1 amide bonds. The van der Waals surface area contributed by atoms with Gasteiger partial charge in [0.1, 0.15) is 17.4 Å². The lowest BCUT2D eigenvalue weighted by molar-refractivity contribution is -0.111. The van der Waals surface area contributed by atoms with Gasteiger partial charge in [-0.25, -0.2) is 13.6 Å². The van der Waals surface area contributed by atoms with Crippen molar-refractivity contribution < 1.29 is 27.8 Å². The standard InChI is InChI=1S/C19H17F2NO4/c1-3-26-13-7-4-12(5-8-13)6-9-18(23)22-17-10-14(19(24)25-2)15(20)11-16(17)21/h4-11H,3H2,1-2H3,(H,22,23)/b9-6+. The molecule has 0 bridgehead atoms. The zero-order valence-electron chi connectivity index (χ0n) is 14.2. The Kier molecular flexibility index (Phi) is 6.43. The van der Waals surface area contributed by atoms with Gasteiger partial charge in [-0.05, 0) is 36.8 Å². The van der Waals surface area contributed by atoms with Crippen LogP contribution in [0.2, 0.25) is 0 Å². The lowest BCUT2D eigenvalue weighted by atomic mass is 10.1. The monoisotopic (exact) mass is 361 g/mol. The Morgan fingerprint density at radius 1 is 1.12 bits per heavy atom. The Hall–Kier alpha value is -3.22. The van der Waals surface area contributed by atoms with Gasteiger partial charge in [-0.1, -0.05) is 12.1 Å². The van der Waals surface area contributed by atoms with Crippen molar-refractivity contribution in [2.24, 2.45) is 0 Å². The number of nitrogens with one attached hydrogen (secondary N) is 1. The Morgan fingerprint density at radius 2 is 1.81 bits per heavy atom. The first-order valence-corrected chi connectivity index (χ1v) is 7.74. The molecular formula is C19H17F2NO4. The first-order valence-electron chi connectivity index (χ1n) is 7.74. The van der Waals surface area contributed by atoms with Crippen molar-refractivity contribution in [3.63, 3.8) is 0 Å². The van der Waals surface area contributed by atoms with E-state index >= 15 is 0 Å². The first-order chi connectivity index (χ1) is 12.4. The zero-order chi connectivity index (χ0) is 19.1. The highest BCUT2D eigenvalue weighted by molar-refractivity contribution is 6.02. The summed E-state index contributed by atoms with van der Waals surface area (Å²) in [6.45, 7) is 2.42. The van der Waals surface area contributed by atoms with Crippen molar-refractivity contribution in [1.29, 1.82) is 0 Å². The van der Waals surface area contributed by atoms with Gasteiger partial charge in [0.15, 0.2) is 0 Å². The molecule has 2 aromatic rings. The van der Waals surface area contributed by atoms with Crippen LogP contribution in [0.3, 0.4) is 0 Å². The number of anilines is 1. The van der Waals surface area contributed by atoms with Gasteiger partial charge in [-0.3, -0.25) is 4.79 Å². The van der Waals surface area contributed by atoms with E-state index in [2.05, 4.69) is 10.1 Å². The van der Waals surface area contributed by atoms with E-state index in [1.165, 1.54) is 12.2 Å². The van der Waals surface area contributed by atoms with Crippen LogP contribution in [0.4, 0.5) is 14.5 Å². The number of esters is 1. The molecule has 0 fully saturated rings. The maximum absolute atomic E-state index is 13.8. The summed E-state index contributed by atoms with van der Waals surface area (Å²) in [5.74, 6) is -2.98. The highest BCUT2D eigenvalue weighted by atomic mass is 19.1. The molecule has 0 aliphatic heterocycles. The van der Waals surface area contributed by atoms with Crippen molar-refractivity contribution in [3.05, 3.63) is 65.2 Å². The number of carbonyl (C=O) groups excluding carboxylic acids is 2. The van der Waals surface area contributed by atoms with E-state index < -0.39 is 29.1 Å². The van der Waals surface area contributed by atoms with Gasteiger partial charge in [0.2, 0.25) is 5.91 Å². The quantitative estimate of drug-likeness (QED) is 0.628. The maximum Gasteiger partial charge on any atom is 0.340 e. The van der Waals surface area contributed by atoms with Gasteiger partial charge < -0.3 is 14.8 Å². The van der Waals surface area contributed by atoms with Crippen LogP contribution >= 0.6 is 0 Å². The summed E-state index contributed by atoms with van der Waals surface area (Å²) in [4.78, 5) is 23.4. The fourth-order valence-corrected chi connectivity index (χ4v) is 2.10. The second-order valence-electron chi connectivity index (χ2n) is 5.13. The minimum absolute atomic E-state index is 0.326. The Labute approximate surface area is 149 Å². The number of methoxy groups -OCH3 is 1. The molecule has 2 rings (SSSR count). The summed E-state index contributed by atoms with van der Waals surface area (Å²) < 4.78 is 37.1. The molecule has 26 heavy (non-hydrogen) atoms. The number of carbonyl (C=O) groups is 2. The van der Waals surface area contributed by atoms with Crippen molar-refractivity contribution in [2.75, 3.05) is 19.0 Å². The predicted octanol–water partition coefficient (Wildman–Crippen LogP) is 3.80. The van der Waals surface area contributed by atoms with Gasteiger partial charge in [0.25, 0.3) is 0 Å². The van der Waals surface area contributed by atoms with Crippen molar-refractivity contribution in [1.82, 2.24) is 0 Å². The van der Waals surface area contributed by atoms with Crippen LogP contribution in [-0.2, 0) is 9.53 Å². The van der Waals surface area contributed by atoms with Gasteiger partial charge in [-0.15, -0.1) is 0 Å². The summed E-state index contributed by atoms with van der Waals surface area (Å²) in [6, 6.07) is 8.41. The Balaban J connectivity index is 2.10. The third-order valence-corrected chi connectivity index (χ3v) is 3.34. The van der Waals surface area contributed by atoms with E-state index in [-0.39, 0.29) is 5.69 Å². The largest absolute Gasteiger partial charge is 0.494 e. The van der Waals surface area contributed by atoms with Crippen LogP contribution in [0.1, 0.15) is 22.8 Å². The number of rotatable bonds is 6. The van der Waals surface area contributed by atoms with Crippen molar-refractivity contribution >= 4 is 23.6 Å². The topological polar surface area (TPSA) is 64.6 Å². The van der Waals surface area contributed by atoms with Crippen molar-refractivity contribution in [3.8, 4) is 5.75 Å². The minimum atomic E-state index is -1.07. The van der Waals surface area contributed by atoms with Crippen LogP contribution in [-0.4, -0.2) is 25.6 Å². The van der Waals surface area contributed by atoms with Crippen molar-refractivity contribution in [2.45, 2.75) is 6.92 Å². The van der Waals surface area contributed by atoms with E-state index in [1.54, 1.807) is 24.3 Å². The fraction of sp³-hybridized carbons (Fsp3) is 0.158. The van der Waals surface area contributed by atoms with Gasteiger partial charge >= 0.3 is 5.97 Å². The molecule has 0 aliphatic rings. The normalized spacial score (nSPS) is 10.6. The first kappa shape index (κ1) is 19.1. The average molecular weight is 361 g/mol. The lowest BCUT2D eigenvalue weighted by Gasteiger charge is -2.07. The molecule has 0 atom stereocenters. The highest BCUT2D eigenvalue weighted by Gasteiger charge is 2.17. The van der Waals surface area contributed by atoms with Gasteiger partial charge in [0, 0.05) is 12.1 Å². The summed E-state index contributed by atoms with van der Waals surface area (Å²) >= 11 is 0.